The van der Waals surface area contributed by atoms with Crippen molar-refractivity contribution in [2.24, 2.45) is 5.41 Å². The van der Waals surface area contributed by atoms with Gasteiger partial charge in [0.2, 0.25) is 0 Å². The first-order valence-corrected chi connectivity index (χ1v) is 6.00. The molecule has 1 aromatic heterocycles. The predicted octanol–water partition coefficient (Wildman–Crippen LogP) is 1.10. The molecule has 0 amide bonds. The lowest BCUT2D eigenvalue weighted by Crippen LogP contribution is -2.56. The van der Waals surface area contributed by atoms with E-state index >= 15 is 0 Å². The van der Waals surface area contributed by atoms with Gasteiger partial charge in [-0.05, 0) is 6.42 Å². The molecule has 1 fully saturated rings. The summed E-state index contributed by atoms with van der Waals surface area (Å²) in [6.07, 6.45) is 4.38. The van der Waals surface area contributed by atoms with Gasteiger partial charge in [-0.2, -0.15) is 5.10 Å². The molecule has 2 N–H and O–H groups in total. The lowest BCUT2D eigenvalue weighted by Gasteiger charge is -2.49. The number of hydrogen-bond donors (Lipinski definition) is 2. The number of nitrogens with zero attached hydrogens (tertiary/aromatic N) is 2. The van der Waals surface area contributed by atoms with Gasteiger partial charge in [0, 0.05) is 24.8 Å². The van der Waals surface area contributed by atoms with Crippen LogP contribution in [0.3, 0.4) is 0 Å². The van der Waals surface area contributed by atoms with Crippen LogP contribution in [0.15, 0.2) is 12.4 Å². The summed E-state index contributed by atoms with van der Waals surface area (Å²) in [7, 11) is 1.68. The number of ether oxygens (including phenoxy) is 1. The third-order valence-corrected chi connectivity index (χ3v) is 3.71. The molecule has 0 saturated heterocycles. The van der Waals surface area contributed by atoms with Crippen LogP contribution >= 0.6 is 0 Å². The Balaban J connectivity index is 1.89. The van der Waals surface area contributed by atoms with E-state index in [4.69, 9.17) is 4.74 Å². The zero-order valence-electron chi connectivity index (χ0n) is 10.7. The molecule has 96 valence electrons. The molecule has 1 heterocycles. The molecule has 0 aliphatic heterocycles. The molecule has 17 heavy (non-hydrogen) atoms. The van der Waals surface area contributed by atoms with Crippen LogP contribution in [0.4, 0.5) is 5.69 Å². The number of aliphatic hydroxyl groups excluding tert-OH is 1. The zero-order valence-corrected chi connectivity index (χ0v) is 10.7. The molecule has 0 bridgehead atoms. The van der Waals surface area contributed by atoms with E-state index < -0.39 is 0 Å². The number of rotatable bonds is 5. The summed E-state index contributed by atoms with van der Waals surface area (Å²) in [4.78, 5) is 0. The summed E-state index contributed by atoms with van der Waals surface area (Å²) in [5.74, 6) is 0. The number of methoxy groups -OCH3 is 1. The quantitative estimate of drug-likeness (QED) is 0.808. The standard InChI is InChI=1S/C12H21N3O2/c1-12(2)10(6-11(12)16)14-9-7-13-15(8-9)4-5-17-3/h7-8,10-11,14,16H,4-6H2,1-3H3. The maximum Gasteiger partial charge on any atom is 0.0728 e. The molecule has 1 aromatic rings. The Morgan fingerprint density at radius 3 is 3.00 bits per heavy atom. The minimum Gasteiger partial charge on any atom is -0.392 e. The fourth-order valence-corrected chi connectivity index (χ4v) is 2.09. The first kappa shape index (κ1) is 12.4. The molecule has 0 spiro atoms. The monoisotopic (exact) mass is 239 g/mol. The normalized spacial score (nSPS) is 26.6. The van der Waals surface area contributed by atoms with Gasteiger partial charge in [-0.1, -0.05) is 13.8 Å². The van der Waals surface area contributed by atoms with Crippen LogP contribution in [0.25, 0.3) is 0 Å². The summed E-state index contributed by atoms with van der Waals surface area (Å²) in [5, 5.41) is 17.3. The van der Waals surface area contributed by atoms with Crippen LogP contribution in [0.2, 0.25) is 0 Å². The zero-order chi connectivity index (χ0) is 12.5. The van der Waals surface area contributed by atoms with Crippen LogP contribution in [0.5, 0.6) is 0 Å². The Kier molecular flexibility index (Phi) is 3.40. The van der Waals surface area contributed by atoms with Gasteiger partial charge in [0.05, 0.1) is 31.1 Å². The van der Waals surface area contributed by atoms with Crippen LogP contribution in [-0.2, 0) is 11.3 Å². The predicted molar refractivity (Wildman–Crippen MR) is 65.9 cm³/mol. The van der Waals surface area contributed by atoms with Gasteiger partial charge < -0.3 is 15.2 Å². The van der Waals surface area contributed by atoms with Crippen molar-refractivity contribution in [1.82, 2.24) is 9.78 Å². The number of hydrogen-bond acceptors (Lipinski definition) is 4. The van der Waals surface area contributed by atoms with Crippen molar-refractivity contribution in [2.75, 3.05) is 19.0 Å². The van der Waals surface area contributed by atoms with Crippen molar-refractivity contribution in [3.8, 4) is 0 Å². The molecule has 0 radical (unpaired) electrons. The van der Waals surface area contributed by atoms with E-state index in [1.807, 2.05) is 17.1 Å². The van der Waals surface area contributed by atoms with E-state index in [2.05, 4.69) is 24.3 Å². The summed E-state index contributed by atoms with van der Waals surface area (Å²) in [6, 6.07) is 0.317. The SMILES string of the molecule is COCCn1cc(NC2CC(O)C2(C)C)cn1. The number of anilines is 1. The maximum absolute atomic E-state index is 9.67. The largest absolute Gasteiger partial charge is 0.392 e. The highest BCUT2D eigenvalue weighted by Gasteiger charge is 2.47. The molecule has 1 aliphatic rings. The van der Waals surface area contributed by atoms with Gasteiger partial charge in [0.15, 0.2) is 0 Å². The Labute approximate surface area is 102 Å². The maximum atomic E-state index is 9.67. The number of aromatic nitrogens is 2. The topological polar surface area (TPSA) is 59.3 Å². The minimum atomic E-state index is -0.205. The van der Waals surface area contributed by atoms with Crippen molar-refractivity contribution in [3.05, 3.63) is 12.4 Å². The first-order valence-electron chi connectivity index (χ1n) is 6.00. The van der Waals surface area contributed by atoms with Gasteiger partial charge in [0.1, 0.15) is 0 Å². The fourth-order valence-electron chi connectivity index (χ4n) is 2.09. The second-order valence-electron chi connectivity index (χ2n) is 5.25. The highest BCUT2D eigenvalue weighted by atomic mass is 16.5. The van der Waals surface area contributed by atoms with Gasteiger partial charge in [-0.25, -0.2) is 0 Å². The highest BCUT2D eigenvalue weighted by molar-refractivity contribution is 5.41. The van der Waals surface area contributed by atoms with Crippen molar-refractivity contribution in [2.45, 2.75) is 39.0 Å². The van der Waals surface area contributed by atoms with E-state index in [-0.39, 0.29) is 11.5 Å². The van der Waals surface area contributed by atoms with Crippen molar-refractivity contribution < 1.29 is 9.84 Å². The average molecular weight is 239 g/mol. The fraction of sp³-hybridized carbons (Fsp3) is 0.750. The Hall–Kier alpha value is -1.07. The van der Waals surface area contributed by atoms with E-state index in [1.165, 1.54) is 0 Å². The van der Waals surface area contributed by atoms with E-state index in [9.17, 15) is 5.11 Å². The molecule has 2 rings (SSSR count). The van der Waals surface area contributed by atoms with Crippen LogP contribution in [-0.4, -0.2) is 40.7 Å². The molecule has 1 saturated carbocycles. The Bertz CT molecular complexity index is 376. The van der Waals surface area contributed by atoms with Crippen LogP contribution < -0.4 is 5.32 Å². The van der Waals surface area contributed by atoms with Gasteiger partial charge in [0.25, 0.3) is 0 Å². The highest BCUT2D eigenvalue weighted by Crippen LogP contribution is 2.42. The third kappa shape index (κ3) is 2.45. The molecule has 5 nitrogen and oxygen atoms in total. The Morgan fingerprint density at radius 1 is 1.65 bits per heavy atom. The molecule has 2 atom stereocenters. The Morgan fingerprint density at radius 2 is 2.41 bits per heavy atom. The van der Waals surface area contributed by atoms with Crippen LogP contribution in [0, 0.1) is 5.41 Å². The second-order valence-corrected chi connectivity index (χ2v) is 5.25. The van der Waals surface area contributed by atoms with E-state index in [0.29, 0.717) is 12.6 Å². The van der Waals surface area contributed by atoms with Gasteiger partial charge in [-0.15, -0.1) is 0 Å². The molecule has 5 heteroatoms. The van der Waals surface area contributed by atoms with E-state index in [1.54, 1.807) is 7.11 Å². The molecule has 2 unspecified atom stereocenters. The average Bonchev–Trinajstić information content (AvgIpc) is 2.74. The number of aliphatic hydroxyl groups is 1. The van der Waals surface area contributed by atoms with Crippen molar-refractivity contribution in [1.29, 1.82) is 0 Å². The molecule has 1 aliphatic carbocycles. The summed E-state index contributed by atoms with van der Waals surface area (Å²) in [6.45, 7) is 5.58. The van der Waals surface area contributed by atoms with E-state index in [0.717, 1.165) is 18.7 Å². The van der Waals surface area contributed by atoms with Gasteiger partial charge in [-0.3, -0.25) is 4.68 Å². The molecular formula is C12H21N3O2. The first-order chi connectivity index (χ1) is 8.04. The number of nitrogens with one attached hydrogen (secondary N) is 1. The van der Waals surface area contributed by atoms with Gasteiger partial charge >= 0.3 is 0 Å². The molecular weight excluding hydrogens is 218 g/mol. The van der Waals surface area contributed by atoms with Crippen molar-refractivity contribution >= 4 is 5.69 Å². The second kappa shape index (κ2) is 4.66. The summed E-state index contributed by atoms with van der Waals surface area (Å²) in [5.41, 5.74) is 0.945. The summed E-state index contributed by atoms with van der Waals surface area (Å²) < 4.78 is 6.86. The summed E-state index contributed by atoms with van der Waals surface area (Å²) >= 11 is 0. The van der Waals surface area contributed by atoms with Crippen molar-refractivity contribution in [3.63, 3.8) is 0 Å². The third-order valence-electron chi connectivity index (χ3n) is 3.71. The lowest BCUT2D eigenvalue weighted by atomic mass is 9.64. The van der Waals surface area contributed by atoms with Crippen LogP contribution in [0.1, 0.15) is 20.3 Å². The smallest absolute Gasteiger partial charge is 0.0728 e. The lowest BCUT2D eigenvalue weighted by molar-refractivity contribution is -0.0510. The minimum absolute atomic E-state index is 0.0609. The molecule has 0 aromatic carbocycles.